The predicted octanol–water partition coefficient (Wildman–Crippen LogP) is 1.54. The average molecular weight is 194 g/mol. The van der Waals surface area contributed by atoms with Crippen LogP contribution < -0.4 is 0 Å². The monoisotopic (exact) mass is 194 g/mol. The van der Waals surface area contributed by atoms with Gasteiger partial charge >= 0.3 is 0 Å². The van der Waals surface area contributed by atoms with Crippen molar-refractivity contribution < 1.29 is 13.9 Å². The molecule has 0 heterocycles. The third kappa shape index (κ3) is 10.1. The minimum absolute atomic E-state index is 0.278. The van der Waals surface area contributed by atoms with Gasteiger partial charge in [0.15, 0.2) is 11.1 Å². The molecule has 0 rings (SSSR count). The average Bonchev–Trinajstić information content (AvgIpc) is 2.02. The molecule has 4 heteroatoms. The van der Waals surface area contributed by atoms with Crippen molar-refractivity contribution in [3.8, 4) is 0 Å². The van der Waals surface area contributed by atoms with E-state index in [1.54, 1.807) is 0 Å². The Morgan fingerprint density at radius 1 is 0.917 bits per heavy atom. The highest BCUT2D eigenvalue weighted by Crippen LogP contribution is 2.04. The topological polar surface area (TPSA) is 57.5 Å². The van der Waals surface area contributed by atoms with Crippen LogP contribution in [0.5, 0.6) is 0 Å². The summed E-state index contributed by atoms with van der Waals surface area (Å²) in [6.45, 7) is 0.278. The maximum atomic E-state index is 10.2. The van der Waals surface area contributed by atoms with E-state index in [0.29, 0.717) is 5.75 Å². The lowest BCUT2D eigenvalue weighted by molar-refractivity contribution is 0.282. The molecule has 0 aliphatic heterocycles. The second-order valence-electron chi connectivity index (χ2n) is 2.87. The summed E-state index contributed by atoms with van der Waals surface area (Å²) in [5.74, 6) is 0.403. The number of hydrogen-bond donors (Lipinski definition) is 2. The first kappa shape index (κ1) is 12.1. The number of aliphatic hydroxyl groups is 1. The normalized spacial score (nSPS) is 13.2. The molecule has 0 saturated carbocycles. The van der Waals surface area contributed by atoms with E-state index in [1.165, 1.54) is 0 Å². The van der Waals surface area contributed by atoms with Gasteiger partial charge in [-0.1, -0.05) is 25.7 Å². The Bertz CT molecular complexity index is 117. The molecule has 12 heavy (non-hydrogen) atoms. The Kier molecular flexibility index (Phi) is 9.21. The van der Waals surface area contributed by atoms with E-state index in [2.05, 4.69) is 0 Å². The van der Waals surface area contributed by atoms with Crippen molar-refractivity contribution >= 4 is 11.1 Å². The number of rotatable bonds is 8. The molecule has 74 valence electrons. The van der Waals surface area contributed by atoms with Gasteiger partial charge in [-0.15, -0.1) is 0 Å². The van der Waals surface area contributed by atoms with Crippen LogP contribution in [0.3, 0.4) is 0 Å². The minimum atomic E-state index is -1.61. The highest BCUT2D eigenvalue weighted by atomic mass is 32.2. The van der Waals surface area contributed by atoms with Gasteiger partial charge in [0.25, 0.3) is 0 Å². The molecular weight excluding hydrogens is 176 g/mol. The van der Waals surface area contributed by atoms with Crippen LogP contribution in [0.25, 0.3) is 0 Å². The molecule has 0 aromatic rings. The Morgan fingerprint density at radius 3 is 1.92 bits per heavy atom. The van der Waals surface area contributed by atoms with Crippen molar-refractivity contribution in [2.45, 2.75) is 38.5 Å². The SMILES string of the molecule is O=S(O)CCCCCCCCO. The summed E-state index contributed by atoms with van der Waals surface area (Å²) in [4.78, 5) is 0. The van der Waals surface area contributed by atoms with Gasteiger partial charge in [-0.05, 0) is 12.8 Å². The van der Waals surface area contributed by atoms with Gasteiger partial charge in [0.1, 0.15) is 0 Å². The minimum Gasteiger partial charge on any atom is -0.396 e. The van der Waals surface area contributed by atoms with Crippen molar-refractivity contribution in [2.75, 3.05) is 12.4 Å². The van der Waals surface area contributed by atoms with E-state index >= 15 is 0 Å². The van der Waals surface area contributed by atoms with E-state index < -0.39 is 11.1 Å². The smallest absolute Gasteiger partial charge is 0.152 e. The summed E-state index contributed by atoms with van der Waals surface area (Å²) < 4.78 is 18.6. The lowest BCUT2D eigenvalue weighted by atomic mass is 10.1. The van der Waals surface area contributed by atoms with E-state index in [0.717, 1.165) is 38.5 Å². The highest BCUT2D eigenvalue weighted by molar-refractivity contribution is 7.79. The van der Waals surface area contributed by atoms with Crippen LogP contribution in [0.15, 0.2) is 0 Å². The van der Waals surface area contributed by atoms with Gasteiger partial charge in [0, 0.05) is 12.4 Å². The molecule has 2 N–H and O–H groups in total. The van der Waals surface area contributed by atoms with Gasteiger partial charge in [-0.3, -0.25) is 0 Å². The summed E-state index contributed by atoms with van der Waals surface area (Å²) in [5, 5.41) is 8.47. The maximum Gasteiger partial charge on any atom is 0.152 e. The Morgan fingerprint density at radius 2 is 1.42 bits per heavy atom. The molecule has 0 amide bonds. The highest BCUT2D eigenvalue weighted by Gasteiger charge is 1.93. The lowest BCUT2D eigenvalue weighted by Gasteiger charge is -1.98. The van der Waals surface area contributed by atoms with Crippen LogP contribution in [-0.2, 0) is 11.1 Å². The van der Waals surface area contributed by atoms with Crippen molar-refractivity contribution in [2.24, 2.45) is 0 Å². The molecule has 0 radical (unpaired) electrons. The van der Waals surface area contributed by atoms with Crippen LogP contribution in [0.1, 0.15) is 38.5 Å². The summed E-state index contributed by atoms with van der Waals surface area (Å²) in [7, 11) is 0. The fraction of sp³-hybridized carbons (Fsp3) is 1.00. The Balaban J connectivity index is 2.86. The van der Waals surface area contributed by atoms with Crippen molar-refractivity contribution in [1.82, 2.24) is 0 Å². The van der Waals surface area contributed by atoms with Crippen LogP contribution in [0.4, 0.5) is 0 Å². The zero-order valence-corrected chi connectivity index (χ0v) is 8.18. The third-order valence-corrected chi connectivity index (χ3v) is 2.36. The zero-order valence-electron chi connectivity index (χ0n) is 7.37. The fourth-order valence-electron chi connectivity index (χ4n) is 1.04. The Labute approximate surface area is 76.5 Å². The molecule has 0 saturated heterocycles. The molecule has 0 aliphatic rings. The first-order chi connectivity index (χ1) is 5.77. The number of hydrogen-bond acceptors (Lipinski definition) is 2. The van der Waals surface area contributed by atoms with Crippen LogP contribution in [-0.4, -0.2) is 26.2 Å². The molecule has 0 aromatic carbocycles. The first-order valence-electron chi connectivity index (χ1n) is 4.45. The fourth-order valence-corrected chi connectivity index (χ4v) is 1.50. The second kappa shape index (κ2) is 9.16. The summed E-state index contributed by atoms with van der Waals surface area (Å²) in [6, 6.07) is 0. The summed E-state index contributed by atoms with van der Waals surface area (Å²) >= 11 is -1.61. The van der Waals surface area contributed by atoms with E-state index in [4.69, 9.17) is 9.66 Å². The molecule has 3 nitrogen and oxygen atoms in total. The van der Waals surface area contributed by atoms with Crippen LogP contribution >= 0.6 is 0 Å². The largest absolute Gasteiger partial charge is 0.396 e. The molecule has 0 fully saturated rings. The van der Waals surface area contributed by atoms with Crippen molar-refractivity contribution in [3.05, 3.63) is 0 Å². The zero-order chi connectivity index (χ0) is 9.23. The lowest BCUT2D eigenvalue weighted by Crippen LogP contribution is -1.94. The standard InChI is InChI=1S/C8H18O3S/c9-7-5-3-1-2-4-6-8-12(10)11/h9H,1-8H2,(H,10,11). The quantitative estimate of drug-likeness (QED) is 0.455. The molecule has 0 aromatic heterocycles. The van der Waals surface area contributed by atoms with Gasteiger partial charge in [-0.25, -0.2) is 4.21 Å². The number of aliphatic hydroxyl groups excluding tert-OH is 1. The maximum absolute atomic E-state index is 10.2. The molecule has 0 aliphatic carbocycles. The molecular formula is C8H18O3S. The van der Waals surface area contributed by atoms with Crippen LogP contribution in [0, 0.1) is 0 Å². The van der Waals surface area contributed by atoms with Crippen molar-refractivity contribution in [3.63, 3.8) is 0 Å². The van der Waals surface area contributed by atoms with Gasteiger partial charge in [-0.2, -0.15) is 0 Å². The van der Waals surface area contributed by atoms with Gasteiger partial charge < -0.3 is 9.66 Å². The first-order valence-corrected chi connectivity index (χ1v) is 5.73. The van der Waals surface area contributed by atoms with Crippen molar-refractivity contribution in [1.29, 1.82) is 0 Å². The van der Waals surface area contributed by atoms with Gasteiger partial charge in [0.2, 0.25) is 0 Å². The molecule has 0 bridgehead atoms. The Hall–Kier alpha value is 0.0700. The van der Waals surface area contributed by atoms with E-state index in [-0.39, 0.29) is 6.61 Å². The van der Waals surface area contributed by atoms with Crippen LogP contribution in [0.2, 0.25) is 0 Å². The van der Waals surface area contributed by atoms with Gasteiger partial charge in [0.05, 0.1) is 0 Å². The number of unbranched alkanes of at least 4 members (excludes halogenated alkanes) is 5. The molecule has 1 unspecified atom stereocenters. The molecule has 0 spiro atoms. The summed E-state index contributed by atoms with van der Waals surface area (Å²) in [6.07, 6.45) is 6.04. The molecule has 1 atom stereocenters. The second-order valence-corrected chi connectivity index (χ2v) is 3.92. The van der Waals surface area contributed by atoms with E-state index in [1.807, 2.05) is 0 Å². The van der Waals surface area contributed by atoms with E-state index in [9.17, 15) is 4.21 Å². The summed E-state index contributed by atoms with van der Waals surface area (Å²) in [5.41, 5.74) is 0. The third-order valence-electron chi connectivity index (χ3n) is 1.73. The predicted molar refractivity (Wildman–Crippen MR) is 50.4 cm³/mol.